The summed E-state index contributed by atoms with van der Waals surface area (Å²) in [6, 6.07) is 4.63. The van der Waals surface area contributed by atoms with E-state index >= 15 is 0 Å². The van der Waals surface area contributed by atoms with Crippen molar-refractivity contribution in [2.24, 2.45) is 5.73 Å². The number of nitrogens with zero attached hydrogens (tertiary/aromatic N) is 1. The van der Waals surface area contributed by atoms with Crippen LogP contribution in [0.1, 0.15) is 27.7 Å². The zero-order chi connectivity index (χ0) is 14.6. The summed E-state index contributed by atoms with van der Waals surface area (Å²) < 4.78 is 5.52. The summed E-state index contributed by atoms with van der Waals surface area (Å²) in [5.41, 5.74) is 5.92. The molecular weight excluding hydrogens is 246 g/mol. The van der Waals surface area contributed by atoms with Crippen LogP contribution in [0.4, 0.5) is 11.4 Å². The molecule has 0 aliphatic heterocycles. The van der Waals surface area contributed by atoms with Crippen molar-refractivity contribution in [3.05, 3.63) is 28.3 Å². The van der Waals surface area contributed by atoms with Gasteiger partial charge in [0, 0.05) is 29.9 Å². The lowest BCUT2D eigenvalue weighted by Crippen LogP contribution is -2.39. The minimum atomic E-state index is -0.437. The van der Waals surface area contributed by atoms with Crippen molar-refractivity contribution in [3.8, 4) is 5.75 Å². The van der Waals surface area contributed by atoms with E-state index in [-0.39, 0.29) is 17.3 Å². The molecule has 0 saturated carbocycles. The number of benzene rings is 1. The van der Waals surface area contributed by atoms with Gasteiger partial charge in [-0.2, -0.15) is 0 Å². The average Bonchev–Trinajstić information content (AvgIpc) is 2.27. The van der Waals surface area contributed by atoms with Crippen LogP contribution in [0.3, 0.4) is 0 Å². The lowest BCUT2D eigenvalue weighted by molar-refractivity contribution is -0.384. The smallest absolute Gasteiger partial charge is 0.275 e. The van der Waals surface area contributed by atoms with Crippen LogP contribution in [-0.4, -0.2) is 23.1 Å². The molecular formula is C13H21N3O3. The SMILES string of the molecule is CC(C)Oc1cc(NC(C)(C)CN)cc([N+](=O)[O-])c1. The second-order valence-electron chi connectivity index (χ2n) is 5.35. The number of hydrogen-bond acceptors (Lipinski definition) is 5. The number of hydrogen-bond donors (Lipinski definition) is 2. The average molecular weight is 267 g/mol. The summed E-state index contributed by atoms with van der Waals surface area (Å²) in [5.74, 6) is 0.472. The summed E-state index contributed by atoms with van der Waals surface area (Å²) in [5, 5.41) is 14.1. The predicted octanol–water partition coefficient (Wildman–Crippen LogP) is 2.53. The van der Waals surface area contributed by atoms with Gasteiger partial charge in [0.15, 0.2) is 0 Å². The Labute approximate surface area is 113 Å². The first-order chi connectivity index (χ1) is 8.73. The third-order valence-electron chi connectivity index (χ3n) is 2.47. The second-order valence-corrected chi connectivity index (χ2v) is 5.35. The molecule has 0 saturated heterocycles. The van der Waals surface area contributed by atoms with Crippen molar-refractivity contribution in [1.29, 1.82) is 0 Å². The molecule has 0 unspecified atom stereocenters. The van der Waals surface area contributed by atoms with Crippen LogP contribution in [0.5, 0.6) is 5.75 Å². The van der Waals surface area contributed by atoms with Gasteiger partial charge in [-0.1, -0.05) is 0 Å². The van der Waals surface area contributed by atoms with E-state index in [1.54, 1.807) is 6.07 Å². The van der Waals surface area contributed by atoms with Gasteiger partial charge in [-0.3, -0.25) is 10.1 Å². The molecule has 1 aromatic rings. The Kier molecular flexibility index (Phi) is 4.72. The van der Waals surface area contributed by atoms with Crippen LogP contribution >= 0.6 is 0 Å². The third kappa shape index (κ3) is 4.75. The van der Waals surface area contributed by atoms with Gasteiger partial charge in [0.25, 0.3) is 5.69 Å². The van der Waals surface area contributed by atoms with Crippen LogP contribution in [0, 0.1) is 10.1 Å². The third-order valence-corrected chi connectivity index (χ3v) is 2.47. The highest BCUT2D eigenvalue weighted by Gasteiger charge is 2.18. The maximum atomic E-state index is 10.9. The van der Waals surface area contributed by atoms with Crippen LogP contribution in [0.25, 0.3) is 0 Å². The van der Waals surface area contributed by atoms with E-state index in [9.17, 15) is 10.1 Å². The second kappa shape index (κ2) is 5.88. The van der Waals surface area contributed by atoms with Crippen LogP contribution < -0.4 is 15.8 Å². The fraction of sp³-hybridized carbons (Fsp3) is 0.538. The first-order valence-corrected chi connectivity index (χ1v) is 6.18. The van der Waals surface area contributed by atoms with Crippen molar-refractivity contribution in [1.82, 2.24) is 0 Å². The van der Waals surface area contributed by atoms with Crippen molar-refractivity contribution < 1.29 is 9.66 Å². The quantitative estimate of drug-likeness (QED) is 0.610. The Morgan fingerprint density at radius 3 is 2.53 bits per heavy atom. The number of nitro benzene ring substituents is 1. The van der Waals surface area contributed by atoms with E-state index in [0.29, 0.717) is 18.0 Å². The molecule has 0 spiro atoms. The van der Waals surface area contributed by atoms with Crippen LogP contribution in [0.2, 0.25) is 0 Å². The number of anilines is 1. The molecule has 106 valence electrons. The Bertz CT molecular complexity index is 458. The zero-order valence-corrected chi connectivity index (χ0v) is 11.8. The molecule has 0 radical (unpaired) electrons. The fourth-order valence-corrected chi connectivity index (χ4v) is 1.54. The predicted molar refractivity (Wildman–Crippen MR) is 75.6 cm³/mol. The van der Waals surface area contributed by atoms with Gasteiger partial charge in [-0.05, 0) is 27.7 Å². The topological polar surface area (TPSA) is 90.4 Å². The van der Waals surface area contributed by atoms with E-state index in [0.717, 1.165) is 0 Å². The maximum Gasteiger partial charge on any atom is 0.275 e. The van der Waals surface area contributed by atoms with Gasteiger partial charge in [0.2, 0.25) is 0 Å². The molecule has 0 amide bonds. The first-order valence-electron chi connectivity index (χ1n) is 6.18. The van der Waals surface area contributed by atoms with Gasteiger partial charge in [-0.15, -0.1) is 0 Å². The Morgan fingerprint density at radius 2 is 2.05 bits per heavy atom. The highest BCUT2D eigenvalue weighted by atomic mass is 16.6. The first kappa shape index (κ1) is 15.2. The van der Waals surface area contributed by atoms with Crippen LogP contribution in [-0.2, 0) is 0 Å². The molecule has 6 heteroatoms. The number of rotatable bonds is 6. The summed E-state index contributed by atoms with van der Waals surface area (Å²) >= 11 is 0. The standard InChI is InChI=1S/C13H21N3O3/c1-9(2)19-12-6-10(15-13(3,4)8-14)5-11(7-12)16(17)18/h5-7,9,15H,8,14H2,1-4H3. The molecule has 0 atom stereocenters. The molecule has 3 N–H and O–H groups in total. The maximum absolute atomic E-state index is 10.9. The number of non-ortho nitro benzene ring substituents is 1. The van der Waals surface area contributed by atoms with Gasteiger partial charge in [-0.25, -0.2) is 0 Å². The molecule has 1 rings (SSSR count). The van der Waals surface area contributed by atoms with Crippen LogP contribution in [0.15, 0.2) is 18.2 Å². The summed E-state index contributed by atoms with van der Waals surface area (Å²) in [6.45, 7) is 8.01. The van der Waals surface area contributed by atoms with E-state index < -0.39 is 4.92 Å². The molecule has 0 aliphatic carbocycles. The van der Waals surface area contributed by atoms with E-state index in [1.165, 1.54) is 12.1 Å². The minimum absolute atomic E-state index is 0.00604. The Hall–Kier alpha value is -1.82. The zero-order valence-electron chi connectivity index (χ0n) is 11.8. The highest BCUT2D eigenvalue weighted by molar-refractivity contribution is 5.57. The van der Waals surface area contributed by atoms with Crippen molar-refractivity contribution in [2.75, 3.05) is 11.9 Å². The van der Waals surface area contributed by atoms with Gasteiger partial charge in [0.1, 0.15) is 5.75 Å². The monoisotopic (exact) mass is 267 g/mol. The summed E-state index contributed by atoms with van der Waals surface area (Å²) in [4.78, 5) is 10.5. The fourth-order valence-electron chi connectivity index (χ4n) is 1.54. The summed E-state index contributed by atoms with van der Waals surface area (Å²) in [6.07, 6.45) is -0.0441. The highest BCUT2D eigenvalue weighted by Crippen LogP contribution is 2.28. The van der Waals surface area contributed by atoms with Crippen molar-refractivity contribution in [3.63, 3.8) is 0 Å². The molecule has 0 bridgehead atoms. The van der Waals surface area contributed by atoms with E-state index in [4.69, 9.17) is 10.5 Å². The lowest BCUT2D eigenvalue weighted by atomic mass is 10.1. The molecule has 1 aromatic carbocycles. The van der Waals surface area contributed by atoms with Crippen molar-refractivity contribution in [2.45, 2.75) is 39.3 Å². The molecule has 6 nitrogen and oxygen atoms in total. The minimum Gasteiger partial charge on any atom is -0.491 e. The van der Waals surface area contributed by atoms with Crippen molar-refractivity contribution >= 4 is 11.4 Å². The lowest BCUT2D eigenvalue weighted by Gasteiger charge is -2.26. The van der Waals surface area contributed by atoms with Gasteiger partial charge >= 0.3 is 0 Å². The normalized spacial score (nSPS) is 11.5. The number of ether oxygens (including phenoxy) is 1. The van der Waals surface area contributed by atoms with Gasteiger partial charge in [0.05, 0.1) is 17.1 Å². The molecule has 0 aliphatic rings. The summed E-state index contributed by atoms with van der Waals surface area (Å²) in [7, 11) is 0. The molecule has 0 fully saturated rings. The van der Waals surface area contributed by atoms with E-state index in [2.05, 4.69) is 5.32 Å². The number of nitrogens with two attached hydrogens (primary N) is 1. The largest absolute Gasteiger partial charge is 0.491 e. The molecule has 0 heterocycles. The van der Waals surface area contributed by atoms with Gasteiger partial charge < -0.3 is 15.8 Å². The molecule has 0 aromatic heterocycles. The van der Waals surface area contributed by atoms with E-state index in [1.807, 2.05) is 27.7 Å². The number of nitrogens with one attached hydrogen (secondary N) is 1. The Balaban J connectivity index is 3.09. The Morgan fingerprint density at radius 1 is 1.42 bits per heavy atom. The molecule has 19 heavy (non-hydrogen) atoms. The number of nitro groups is 1.